The molecule has 0 unspecified atom stereocenters. The minimum absolute atomic E-state index is 0.194. The van der Waals surface area contributed by atoms with Crippen molar-refractivity contribution in [2.24, 2.45) is 0 Å². The fourth-order valence-electron chi connectivity index (χ4n) is 8.56. The first kappa shape index (κ1) is 26.5. The van der Waals surface area contributed by atoms with E-state index in [1.165, 1.54) is 0 Å². The molecule has 0 atom stereocenters. The molecule has 10 aromatic carbocycles. The van der Waals surface area contributed by atoms with Gasteiger partial charge in [-0.05, 0) is 113 Å². The van der Waals surface area contributed by atoms with Crippen molar-refractivity contribution < 1.29 is 11.3 Å². The Morgan fingerprint density at radius 2 is 0.891 bits per heavy atom. The van der Waals surface area contributed by atoms with Gasteiger partial charge < -0.3 is 4.42 Å². The van der Waals surface area contributed by atoms with Crippen molar-refractivity contribution >= 4 is 54.3 Å². The Kier molecular flexibility index (Phi) is 6.14. The van der Waals surface area contributed by atoms with Gasteiger partial charge in [-0.25, -0.2) is 0 Å². The van der Waals surface area contributed by atoms with Crippen LogP contribution in [-0.4, -0.2) is 0 Å². The molecule has 0 saturated carbocycles. The number of benzene rings is 10. The standard InChI is InChI=1S/C54H34O/c1-4-16-35(17-5-1)38-28-30-49-48(33-38)54-50(55-49)31-29-42(36-18-6-2-7-19-36)53(54)47-34-40(32-39-22-10-11-23-41(39)47)52-45-26-14-12-24-43(45)51(37-20-8-3-9-21-37)44-25-13-15-27-46(44)52/h1-34H/i3D,8D,9D,20D,21D. The largest absolute Gasteiger partial charge is 0.456 e. The Balaban J connectivity index is 1.27. The molecule has 0 fully saturated rings. The van der Waals surface area contributed by atoms with Crippen LogP contribution < -0.4 is 0 Å². The van der Waals surface area contributed by atoms with E-state index in [1.54, 1.807) is 0 Å². The molecule has 0 N–H and O–H groups in total. The summed E-state index contributed by atoms with van der Waals surface area (Å²) in [5.74, 6) is 0. The van der Waals surface area contributed by atoms with E-state index in [9.17, 15) is 0 Å². The van der Waals surface area contributed by atoms with Gasteiger partial charge in [-0.2, -0.15) is 0 Å². The zero-order chi connectivity index (χ0) is 40.6. The average Bonchev–Trinajstić information content (AvgIpc) is 3.68. The number of hydrogen-bond acceptors (Lipinski definition) is 1. The van der Waals surface area contributed by atoms with Crippen molar-refractivity contribution in [3.8, 4) is 55.6 Å². The molecule has 1 heterocycles. The summed E-state index contributed by atoms with van der Waals surface area (Å²) in [5, 5.41) is 7.70. The summed E-state index contributed by atoms with van der Waals surface area (Å²) in [4.78, 5) is 0. The molecule has 0 spiro atoms. The third-order valence-corrected chi connectivity index (χ3v) is 10.9. The fourth-order valence-corrected chi connectivity index (χ4v) is 8.56. The number of hydrogen-bond donors (Lipinski definition) is 0. The molecule has 0 bridgehead atoms. The predicted octanol–water partition coefficient (Wildman–Crippen LogP) is 15.4. The van der Waals surface area contributed by atoms with E-state index in [1.807, 2.05) is 48.5 Å². The molecule has 0 aliphatic carbocycles. The molecular weight excluding hydrogens is 665 g/mol. The van der Waals surface area contributed by atoms with E-state index >= 15 is 0 Å². The average molecular weight is 704 g/mol. The molecule has 0 saturated heterocycles. The second-order valence-corrected chi connectivity index (χ2v) is 14.0. The molecule has 11 aromatic rings. The van der Waals surface area contributed by atoms with Crippen LogP contribution in [0.1, 0.15) is 6.85 Å². The Bertz CT molecular complexity index is 3450. The highest BCUT2D eigenvalue weighted by atomic mass is 16.3. The van der Waals surface area contributed by atoms with Crippen molar-refractivity contribution in [3.05, 3.63) is 206 Å². The van der Waals surface area contributed by atoms with E-state index in [0.717, 1.165) is 98.8 Å². The minimum atomic E-state index is -0.408. The van der Waals surface area contributed by atoms with Crippen molar-refractivity contribution in [1.82, 2.24) is 0 Å². The van der Waals surface area contributed by atoms with Gasteiger partial charge in [-0.15, -0.1) is 0 Å². The molecule has 1 aromatic heterocycles. The van der Waals surface area contributed by atoms with Crippen LogP contribution in [0.5, 0.6) is 0 Å². The molecule has 11 rings (SSSR count). The molecule has 0 radical (unpaired) electrons. The lowest BCUT2D eigenvalue weighted by atomic mass is 9.83. The van der Waals surface area contributed by atoms with Crippen LogP contribution in [0.15, 0.2) is 211 Å². The van der Waals surface area contributed by atoms with Gasteiger partial charge in [-0.1, -0.05) is 176 Å². The minimum Gasteiger partial charge on any atom is -0.456 e. The van der Waals surface area contributed by atoms with Crippen molar-refractivity contribution in [3.63, 3.8) is 0 Å². The van der Waals surface area contributed by atoms with Gasteiger partial charge >= 0.3 is 0 Å². The van der Waals surface area contributed by atoms with Crippen LogP contribution >= 0.6 is 0 Å². The molecule has 256 valence electrons. The highest BCUT2D eigenvalue weighted by Crippen LogP contribution is 2.49. The molecule has 1 nitrogen and oxygen atoms in total. The van der Waals surface area contributed by atoms with E-state index in [4.69, 9.17) is 11.3 Å². The highest BCUT2D eigenvalue weighted by molar-refractivity contribution is 6.24. The Morgan fingerprint density at radius 3 is 1.56 bits per heavy atom. The lowest BCUT2D eigenvalue weighted by Crippen LogP contribution is -1.93. The molecule has 0 aliphatic heterocycles. The second kappa shape index (κ2) is 12.7. The molecule has 0 amide bonds. The molecular formula is C54H34O. The van der Waals surface area contributed by atoms with Crippen LogP contribution in [0.25, 0.3) is 110 Å². The Hall–Kier alpha value is -7.22. The fraction of sp³-hybridized carbons (Fsp3) is 0. The van der Waals surface area contributed by atoms with E-state index in [2.05, 4.69) is 127 Å². The number of rotatable bonds is 5. The third-order valence-electron chi connectivity index (χ3n) is 10.9. The van der Waals surface area contributed by atoms with Gasteiger partial charge in [0, 0.05) is 16.3 Å². The first-order chi connectivity index (χ1) is 29.4. The topological polar surface area (TPSA) is 13.1 Å². The van der Waals surface area contributed by atoms with Crippen molar-refractivity contribution in [1.29, 1.82) is 0 Å². The maximum absolute atomic E-state index is 9.04. The Labute approximate surface area is 326 Å². The summed E-state index contributed by atoms with van der Waals surface area (Å²) < 4.78 is 50.2. The molecule has 55 heavy (non-hydrogen) atoms. The normalized spacial score (nSPS) is 12.9. The highest BCUT2D eigenvalue weighted by Gasteiger charge is 2.23. The van der Waals surface area contributed by atoms with E-state index in [-0.39, 0.29) is 29.7 Å². The first-order valence-corrected chi connectivity index (χ1v) is 18.5. The van der Waals surface area contributed by atoms with Gasteiger partial charge in [0.15, 0.2) is 0 Å². The van der Waals surface area contributed by atoms with Gasteiger partial charge in [0.1, 0.15) is 11.2 Å². The zero-order valence-electron chi connectivity index (χ0n) is 34.7. The van der Waals surface area contributed by atoms with Crippen molar-refractivity contribution in [2.45, 2.75) is 0 Å². The van der Waals surface area contributed by atoms with Gasteiger partial charge in [0.05, 0.1) is 6.85 Å². The summed E-state index contributed by atoms with van der Waals surface area (Å²) in [5.41, 5.74) is 11.0. The Morgan fingerprint density at radius 1 is 0.327 bits per heavy atom. The van der Waals surface area contributed by atoms with E-state index in [0.29, 0.717) is 5.56 Å². The monoisotopic (exact) mass is 703 g/mol. The number of furan rings is 1. The summed E-state index contributed by atoms with van der Waals surface area (Å²) in [7, 11) is 0. The summed E-state index contributed by atoms with van der Waals surface area (Å²) in [6, 6.07) is 59.3. The maximum atomic E-state index is 9.04. The number of fused-ring (bicyclic) bond motifs is 6. The van der Waals surface area contributed by atoms with Gasteiger partial charge in [0.2, 0.25) is 0 Å². The first-order valence-electron chi connectivity index (χ1n) is 21.0. The molecule has 1 heteroatoms. The lowest BCUT2D eigenvalue weighted by molar-refractivity contribution is 0.669. The maximum Gasteiger partial charge on any atom is 0.136 e. The van der Waals surface area contributed by atoms with Crippen LogP contribution in [0.2, 0.25) is 0 Å². The zero-order valence-corrected chi connectivity index (χ0v) is 29.7. The third kappa shape index (κ3) is 5.09. The van der Waals surface area contributed by atoms with Gasteiger partial charge in [-0.3, -0.25) is 0 Å². The summed E-state index contributed by atoms with van der Waals surface area (Å²) in [6.45, 7) is 0. The quantitative estimate of drug-likeness (QED) is 0.163. The van der Waals surface area contributed by atoms with Gasteiger partial charge in [0.25, 0.3) is 0 Å². The van der Waals surface area contributed by atoms with E-state index < -0.39 is 6.04 Å². The summed E-state index contributed by atoms with van der Waals surface area (Å²) >= 11 is 0. The SMILES string of the molecule is [2H]c1c([2H])c([2H])c(-c2c3ccccc3c(-c3cc(-c4c(-c5ccccc5)ccc5oc6ccc(-c7ccccc7)cc6c45)c4ccccc4c3)c3ccccc23)c([2H])c1[2H]. The van der Waals surface area contributed by atoms with Crippen molar-refractivity contribution in [2.75, 3.05) is 0 Å². The summed E-state index contributed by atoms with van der Waals surface area (Å²) in [6.07, 6.45) is 0. The van der Waals surface area contributed by atoms with Crippen LogP contribution in [-0.2, 0) is 0 Å². The van der Waals surface area contributed by atoms with Crippen LogP contribution in [0.4, 0.5) is 0 Å². The van der Waals surface area contributed by atoms with Crippen LogP contribution in [0, 0.1) is 0 Å². The lowest BCUT2D eigenvalue weighted by Gasteiger charge is -2.20. The molecule has 0 aliphatic rings. The predicted molar refractivity (Wildman–Crippen MR) is 233 cm³/mol. The van der Waals surface area contributed by atoms with Crippen LogP contribution in [0.3, 0.4) is 0 Å². The smallest absolute Gasteiger partial charge is 0.136 e. The second-order valence-electron chi connectivity index (χ2n) is 14.0.